The van der Waals surface area contributed by atoms with Gasteiger partial charge in [-0.25, -0.2) is 9.18 Å². The fraction of sp³-hybridized carbons (Fsp3) is 0.500. The molecule has 1 saturated heterocycles. The fourth-order valence-corrected chi connectivity index (χ4v) is 3.40. The lowest BCUT2D eigenvalue weighted by Crippen LogP contribution is -2.49. The van der Waals surface area contributed by atoms with Crippen LogP contribution in [-0.4, -0.2) is 41.4 Å². The summed E-state index contributed by atoms with van der Waals surface area (Å²) in [6, 6.07) is 5.79. The van der Waals surface area contributed by atoms with Gasteiger partial charge in [-0.2, -0.15) is 0 Å². The Morgan fingerprint density at radius 3 is 2.36 bits per heavy atom. The van der Waals surface area contributed by atoms with Crippen LogP contribution in [-0.2, 0) is 15.0 Å². The molecule has 0 radical (unpaired) electrons. The number of imide groups is 1. The second-order valence-corrected chi connectivity index (χ2v) is 7.36. The van der Waals surface area contributed by atoms with Gasteiger partial charge >= 0.3 is 6.03 Å². The zero-order valence-electron chi connectivity index (χ0n) is 14.4. The van der Waals surface area contributed by atoms with E-state index in [4.69, 9.17) is 0 Å². The molecule has 0 aromatic heterocycles. The van der Waals surface area contributed by atoms with E-state index >= 15 is 0 Å². The Labute approximate surface area is 145 Å². The van der Waals surface area contributed by atoms with Crippen molar-refractivity contribution in [3.63, 3.8) is 0 Å². The van der Waals surface area contributed by atoms with Crippen molar-refractivity contribution in [1.82, 2.24) is 15.5 Å². The standard InChI is InChI=1S/C18H22FN3O3/c1-17(2)15(24)22(16(25)21-17)10-14(23)20-11-18(8-3-9-18)12-4-6-13(19)7-5-12/h4-7H,3,8-11H2,1-2H3,(H,20,23)(H,21,25). The van der Waals surface area contributed by atoms with Gasteiger partial charge in [0.25, 0.3) is 5.91 Å². The van der Waals surface area contributed by atoms with Crippen LogP contribution in [0.5, 0.6) is 0 Å². The third-order valence-electron chi connectivity index (χ3n) is 5.14. The fourth-order valence-electron chi connectivity index (χ4n) is 3.40. The Morgan fingerprint density at radius 2 is 1.88 bits per heavy atom. The SMILES string of the molecule is CC1(C)NC(=O)N(CC(=O)NCC2(c3ccc(F)cc3)CCC2)C1=O. The molecule has 7 heteroatoms. The molecule has 3 rings (SSSR count). The summed E-state index contributed by atoms with van der Waals surface area (Å²) in [5.41, 5.74) is -0.183. The minimum atomic E-state index is -0.985. The van der Waals surface area contributed by atoms with Crippen LogP contribution in [0.15, 0.2) is 24.3 Å². The van der Waals surface area contributed by atoms with Crippen molar-refractivity contribution >= 4 is 17.8 Å². The maximum atomic E-state index is 13.1. The summed E-state index contributed by atoms with van der Waals surface area (Å²) in [6.45, 7) is 3.31. The largest absolute Gasteiger partial charge is 0.354 e. The molecule has 0 bridgehead atoms. The third kappa shape index (κ3) is 3.23. The van der Waals surface area contributed by atoms with Gasteiger partial charge in [0, 0.05) is 12.0 Å². The van der Waals surface area contributed by atoms with Gasteiger partial charge in [0.15, 0.2) is 0 Å². The smallest absolute Gasteiger partial charge is 0.325 e. The van der Waals surface area contributed by atoms with E-state index in [2.05, 4.69) is 10.6 Å². The number of nitrogens with zero attached hydrogens (tertiary/aromatic N) is 1. The quantitative estimate of drug-likeness (QED) is 0.796. The van der Waals surface area contributed by atoms with Crippen LogP contribution in [0.1, 0.15) is 38.7 Å². The summed E-state index contributed by atoms with van der Waals surface area (Å²) in [4.78, 5) is 37.1. The predicted octanol–water partition coefficient (Wildman–Crippen LogP) is 1.69. The number of hydrogen-bond acceptors (Lipinski definition) is 3. The van der Waals surface area contributed by atoms with Crippen molar-refractivity contribution in [2.75, 3.05) is 13.1 Å². The molecule has 1 saturated carbocycles. The van der Waals surface area contributed by atoms with Crippen LogP contribution >= 0.6 is 0 Å². The molecule has 0 spiro atoms. The highest BCUT2D eigenvalue weighted by Crippen LogP contribution is 2.43. The highest BCUT2D eigenvalue weighted by atomic mass is 19.1. The summed E-state index contributed by atoms with van der Waals surface area (Å²) in [5, 5.41) is 5.37. The van der Waals surface area contributed by atoms with Crippen molar-refractivity contribution in [2.45, 2.75) is 44.1 Å². The maximum absolute atomic E-state index is 13.1. The number of carbonyl (C=O) groups excluding carboxylic acids is 3. The number of carbonyl (C=O) groups is 3. The van der Waals surface area contributed by atoms with Gasteiger partial charge in [-0.05, 0) is 44.4 Å². The summed E-state index contributed by atoms with van der Waals surface area (Å²) in [5.74, 6) is -1.08. The second-order valence-electron chi connectivity index (χ2n) is 7.36. The minimum absolute atomic E-state index is 0.195. The number of hydrogen-bond donors (Lipinski definition) is 2. The number of amides is 4. The van der Waals surface area contributed by atoms with E-state index in [9.17, 15) is 18.8 Å². The maximum Gasteiger partial charge on any atom is 0.325 e. The first-order chi connectivity index (χ1) is 11.7. The van der Waals surface area contributed by atoms with E-state index < -0.39 is 17.5 Å². The van der Waals surface area contributed by atoms with Gasteiger partial charge in [-0.15, -0.1) is 0 Å². The minimum Gasteiger partial charge on any atom is -0.354 e. The van der Waals surface area contributed by atoms with E-state index in [0.29, 0.717) is 6.54 Å². The van der Waals surface area contributed by atoms with Gasteiger partial charge in [0.1, 0.15) is 17.9 Å². The lowest BCUT2D eigenvalue weighted by Gasteiger charge is -2.42. The van der Waals surface area contributed by atoms with Crippen LogP contribution in [0, 0.1) is 5.82 Å². The Kier molecular flexibility index (Phi) is 4.26. The van der Waals surface area contributed by atoms with Gasteiger partial charge in [-0.3, -0.25) is 14.5 Å². The molecule has 2 fully saturated rings. The van der Waals surface area contributed by atoms with Crippen molar-refractivity contribution in [1.29, 1.82) is 0 Å². The molecule has 4 amide bonds. The Bertz CT molecular complexity index is 711. The van der Waals surface area contributed by atoms with Crippen LogP contribution in [0.4, 0.5) is 9.18 Å². The van der Waals surface area contributed by atoms with Crippen molar-refractivity contribution < 1.29 is 18.8 Å². The zero-order valence-corrected chi connectivity index (χ0v) is 14.4. The van der Waals surface area contributed by atoms with Crippen LogP contribution in [0.3, 0.4) is 0 Å². The molecular weight excluding hydrogens is 325 g/mol. The molecule has 1 aliphatic heterocycles. The molecule has 1 aromatic rings. The summed E-state index contributed by atoms with van der Waals surface area (Å²) >= 11 is 0. The lowest BCUT2D eigenvalue weighted by molar-refractivity contribution is -0.134. The summed E-state index contributed by atoms with van der Waals surface area (Å²) in [7, 11) is 0. The summed E-state index contributed by atoms with van der Waals surface area (Å²) < 4.78 is 13.1. The highest BCUT2D eigenvalue weighted by molar-refractivity contribution is 6.08. The molecule has 2 N–H and O–H groups in total. The second kappa shape index (κ2) is 6.13. The lowest BCUT2D eigenvalue weighted by atomic mass is 9.64. The van der Waals surface area contributed by atoms with Crippen LogP contribution in [0.25, 0.3) is 0 Å². The van der Waals surface area contributed by atoms with E-state index in [1.807, 2.05) is 0 Å². The molecule has 6 nitrogen and oxygen atoms in total. The monoisotopic (exact) mass is 347 g/mol. The van der Waals surface area contributed by atoms with Gasteiger partial charge < -0.3 is 10.6 Å². The molecule has 0 atom stereocenters. The van der Waals surface area contributed by atoms with Gasteiger partial charge in [-0.1, -0.05) is 18.6 Å². The first-order valence-electron chi connectivity index (χ1n) is 8.40. The van der Waals surface area contributed by atoms with E-state index in [-0.39, 0.29) is 23.7 Å². The Hall–Kier alpha value is -2.44. The molecule has 1 heterocycles. The average molecular weight is 347 g/mol. The van der Waals surface area contributed by atoms with Crippen molar-refractivity contribution in [3.05, 3.63) is 35.6 Å². The molecule has 134 valence electrons. The van der Waals surface area contributed by atoms with Crippen molar-refractivity contribution in [2.24, 2.45) is 0 Å². The molecule has 25 heavy (non-hydrogen) atoms. The van der Waals surface area contributed by atoms with Crippen LogP contribution < -0.4 is 10.6 Å². The molecule has 0 unspecified atom stereocenters. The van der Waals surface area contributed by atoms with Crippen molar-refractivity contribution in [3.8, 4) is 0 Å². The normalized spacial score (nSPS) is 20.8. The number of benzene rings is 1. The Balaban J connectivity index is 1.61. The molecule has 1 aliphatic carbocycles. The zero-order chi connectivity index (χ0) is 18.2. The van der Waals surface area contributed by atoms with E-state index in [1.54, 1.807) is 26.0 Å². The first-order valence-corrected chi connectivity index (χ1v) is 8.40. The number of urea groups is 1. The number of nitrogens with one attached hydrogen (secondary N) is 2. The Morgan fingerprint density at radius 1 is 1.24 bits per heavy atom. The molecular formula is C18H22FN3O3. The van der Waals surface area contributed by atoms with Crippen LogP contribution in [0.2, 0.25) is 0 Å². The summed E-state index contributed by atoms with van der Waals surface area (Å²) in [6.07, 6.45) is 2.87. The predicted molar refractivity (Wildman–Crippen MR) is 89.3 cm³/mol. The van der Waals surface area contributed by atoms with Gasteiger partial charge in [0.05, 0.1) is 0 Å². The topological polar surface area (TPSA) is 78.5 Å². The third-order valence-corrected chi connectivity index (χ3v) is 5.14. The molecule has 1 aromatic carbocycles. The van der Waals surface area contributed by atoms with E-state index in [0.717, 1.165) is 29.7 Å². The first kappa shape index (κ1) is 17.4. The highest BCUT2D eigenvalue weighted by Gasteiger charge is 2.45. The average Bonchev–Trinajstić information content (AvgIpc) is 2.70. The number of rotatable bonds is 5. The van der Waals surface area contributed by atoms with E-state index in [1.165, 1.54) is 12.1 Å². The van der Waals surface area contributed by atoms with Gasteiger partial charge in [0.2, 0.25) is 5.91 Å². The number of halogens is 1. The molecule has 2 aliphatic rings.